The summed E-state index contributed by atoms with van der Waals surface area (Å²) in [5.41, 5.74) is 3.82. The third-order valence-electron chi connectivity index (χ3n) is 5.13. The van der Waals surface area contributed by atoms with E-state index in [9.17, 15) is 14.0 Å². The molecule has 2 aliphatic heterocycles. The number of hydrogen-bond donors (Lipinski definition) is 0. The van der Waals surface area contributed by atoms with Crippen LogP contribution in [0.25, 0.3) is 5.57 Å². The van der Waals surface area contributed by atoms with Crippen LogP contribution in [0.2, 0.25) is 0 Å². The molecule has 0 N–H and O–H groups in total. The minimum atomic E-state index is -4.56. The van der Waals surface area contributed by atoms with Crippen LogP contribution < -0.4 is 23.3 Å². The number of fused-ring (bicyclic) bond motifs is 2. The van der Waals surface area contributed by atoms with Crippen LogP contribution in [-0.2, 0) is 3.37 Å². The molecule has 0 bridgehead atoms. The van der Waals surface area contributed by atoms with Gasteiger partial charge in [0.15, 0.2) is 0 Å². The zero-order chi connectivity index (χ0) is 22.3. The molecule has 2 heterocycles. The average molecular weight is 531 g/mol. The van der Waals surface area contributed by atoms with Crippen molar-refractivity contribution in [3.05, 3.63) is 107 Å². The Kier molecular flexibility index (Phi) is 5.84. The Morgan fingerprint density at radius 2 is 1.59 bits per heavy atom. The summed E-state index contributed by atoms with van der Waals surface area (Å²) in [7, 11) is -2.53. The number of rotatable bonds is 4. The van der Waals surface area contributed by atoms with Crippen LogP contribution in [0, 0.1) is 10.2 Å². The van der Waals surface area contributed by atoms with Crippen LogP contribution in [0.1, 0.15) is 11.1 Å². The summed E-state index contributed by atoms with van der Waals surface area (Å²) in [5.74, 6) is 0. The molecule has 0 saturated heterocycles. The van der Waals surface area contributed by atoms with E-state index < -0.39 is 24.0 Å². The molecule has 5 rings (SSSR count). The SMILES string of the molecule is CN1/C(=C/C2=CC(c3ccccc3)=[Se](O[Cl+3]([O-])([O-])[O-])c3ccccc32)Sc2ccccc21. The molecule has 32 heavy (non-hydrogen) atoms. The Hall–Kier alpha value is -2.19. The fraction of sp³-hybridized carbons (Fsp3) is 0.0417. The van der Waals surface area contributed by atoms with Gasteiger partial charge in [-0.25, -0.2) is 0 Å². The predicted octanol–water partition coefficient (Wildman–Crippen LogP) is 1.08. The van der Waals surface area contributed by atoms with Crippen LogP contribution in [0.3, 0.4) is 0 Å². The van der Waals surface area contributed by atoms with Gasteiger partial charge < -0.3 is 0 Å². The fourth-order valence-corrected chi connectivity index (χ4v) is 9.87. The number of anilines is 1. The average Bonchev–Trinajstić information content (AvgIpc) is 3.10. The van der Waals surface area contributed by atoms with Crippen molar-refractivity contribution >= 4 is 45.7 Å². The van der Waals surface area contributed by atoms with Gasteiger partial charge in [0.2, 0.25) is 0 Å². The second kappa shape index (κ2) is 8.63. The molecule has 0 amide bonds. The second-order valence-corrected chi connectivity index (χ2v) is 12.9. The first kappa shape index (κ1) is 21.6. The number of allylic oxidation sites excluding steroid dienone is 3. The first-order chi connectivity index (χ1) is 15.4. The topological polar surface area (TPSA) is 81.7 Å². The molecule has 2 aliphatic rings. The van der Waals surface area contributed by atoms with Crippen molar-refractivity contribution < 1.29 is 27.6 Å². The van der Waals surface area contributed by atoms with Crippen LogP contribution in [0.15, 0.2) is 101 Å². The minimum absolute atomic E-state index is 0.742. The monoisotopic (exact) mass is 531 g/mol. The fourth-order valence-electron chi connectivity index (χ4n) is 3.69. The van der Waals surface area contributed by atoms with E-state index in [-0.39, 0.29) is 0 Å². The van der Waals surface area contributed by atoms with Crippen molar-refractivity contribution in [1.29, 1.82) is 0 Å². The Balaban J connectivity index is 1.69. The van der Waals surface area contributed by atoms with Crippen molar-refractivity contribution in [2.45, 2.75) is 4.90 Å². The zero-order valence-electron chi connectivity index (χ0n) is 16.9. The summed E-state index contributed by atoms with van der Waals surface area (Å²) in [6.07, 6.45) is 4.08. The van der Waals surface area contributed by atoms with Gasteiger partial charge in [-0.05, 0) is 0 Å². The van der Waals surface area contributed by atoms with Gasteiger partial charge in [-0.15, -0.1) is 0 Å². The molecule has 0 fully saturated rings. The van der Waals surface area contributed by atoms with Crippen LogP contribution in [0.5, 0.6) is 0 Å². The van der Waals surface area contributed by atoms with Gasteiger partial charge in [-0.1, -0.05) is 0 Å². The summed E-state index contributed by atoms with van der Waals surface area (Å²) >= 11 is -0.910. The molecule has 0 aromatic heterocycles. The van der Waals surface area contributed by atoms with E-state index in [1.807, 2.05) is 79.9 Å². The van der Waals surface area contributed by atoms with E-state index in [1.54, 1.807) is 11.8 Å². The molecule has 1 atom stereocenters. The molecule has 8 heteroatoms. The van der Waals surface area contributed by atoms with Crippen LogP contribution in [-0.4, -0.2) is 25.3 Å². The summed E-state index contributed by atoms with van der Waals surface area (Å²) in [5, 5.41) is 1.06. The van der Waals surface area contributed by atoms with Crippen LogP contribution >= 0.6 is 11.8 Å². The number of benzene rings is 3. The maximum atomic E-state index is 11.6. The number of para-hydroxylation sites is 1. The summed E-state index contributed by atoms with van der Waals surface area (Å²) in [4.78, 5) is 3.33. The third kappa shape index (κ3) is 4.22. The molecule has 3 aromatic carbocycles. The molecule has 0 aliphatic carbocycles. The standard InChI is InChI=1S/C24H18ClNO4SSe/c1-26-20-12-6-7-13-21(20)31-24(26)16-18-15-23(17-9-3-2-4-10-17)32(30-25(27,28)29)22-14-8-5-11-19(18)22/h2-16H,1H3/b24-16-. The number of halogens is 1. The first-order valence-corrected chi connectivity index (χ1v) is 14.2. The number of hydrogen-bond acceptors (Lipinski definition) is 6. The van der Waals surface area contributed by atoms with E-state index >= 15 is 0 Å². The van der Waals surface area contributed by atoms with Crippen molar-refractivity contribution in [3.8, 4) is 0 Å². The maximum absolute atomic E-state index is 11.6. The quantitative estimate of drug-likeness (QED) is 0.470. The summed E-state index contributed by atoms with van der Waals surface area (Å²) in [6.45, 7) is 0. The Morgan fingerprint density at radius 1 is 0.906 bits per heavy atom. The molecule has 0 spiro atoms. The summed E-state index contributed by atoms with van der Waals surface area (Å²) in [6, 6.07) is 25.3. The molecule has 0 saturated carbocycles. The molecular weight excluding hydrogens is 513 g/mol. The predicted molar refractivity (Wildman–Crippen MR) is 120 cm³/mol. The van der Waals surface area contributed by atoms with Crippen molar-refractivity contribution in [1.82, 2.24) is 0 Å². The molecular formula is C24H18ClNO4SSe. The Labute approximate surface area is 196 Å². The number of nitrogens with zero attached hydrogens (tertiary/aromatic N) is 1. The third-order valence-corrected chi connectivity index (χ3v) is 11.5. The van der Waals surface area contributed by atoms with Gasteiger partial charge in [0.1, 0.15) is 0 Å². The first-order valence-electron chi connectivity index (χ1n) is 9.71. The van der Waals surface area contributed by atoms with Crippen molar-refractivity contribution in [2.24, 2.45) is 0 Å². The van der Waals surface area contributed by atoms with Gasteiger partial charge in [0.25, 0.3) is 0 Å². The van der Waals surface area contributed by atoms with E-state index in [1.165, 1.54) is 4.90 Å². The van der Waals surface area contributed by atoms with Gasteiger partial charge in [-0.2, -0.15) is 0 Å². The molecule has 162 valence electrons. The van der Waals surface area contributed by atoms with Gasteiger partial charge in [0, 0.05) is 0 Å². The van der Waals surface area contributed by atoms with E-state index in [2.05, 4.69) is 23.1 Å². The van der Waals surface area contributed by atoms with E-state index in [0.29, 0.717) is 0 Å². The Bertz CT molecular complexity index is 1280. The Morgan fingerprint density at radius 3 is 2.34 bits per heavy atom. The zero-order valence-corrected chi connectivity index (χ0v) is 20.2. The second-order valence-electron chi connectivity index (χ2n) is 7.15. The molecule has 1 unspecified atom stereocenters. The molecule has 0 radical (unpaired) electrons. The van der Waals surface area contributed by atoms with E-state index in [0.717, 1.165) is 36.3 Å². The molecule has 3 aromatic rings. The van der Waals surface area contributed by atoms with Gasteiger partial charge in [0.05, 0.1) is 0 Å². The van der Waals surface area contributed by atoms with Gasteiger partial charge >= 0.3 is 197 Å². The van der Waals surface area contributed by atoms with E-state index in [4.69, 9.17) is 3.37 Å². The normalized spacial score (nSPS) is 19.1. The summed E-state index contributed by atoms with van der Waals surface area (Å²) < 4.78 is 41.4. The van der Waals surface area contributed by atoms with Gasteiger partial charge in [-0.3, -0.25) is 0 Å². The van der Waals surface area contributed by atoms with Crippen molar-refractivity contribution in [2.75, 3.05) is 11.9 Å². The molecule has 5 nitrogen and oxygen atoms in total. The number of thioether (sulfide) groups is 1. The van der Waals surface area contributed by atoms with Crippen LogP contribution in [0.4, 0.5) is 5.69 Å². The van der Waals surface area contributed by atoms with Crippen molar-refractivity contribution in [3.63, 3.8) is 0 Å².